The van der Waals surface area contributed by atoms with E-state index in [1.165, 1.54) is 25.0 Å². The number of pyridine rings is 1. The number of carbonyl (C=O) groups excluding carboxylic acids is 1. The molecule has 1 aliphatic rings. The quantitative estimate of drug-likeness (QED) is 0.109. The number of halogens is 2. The van der Waals surface area contributed by atoms with Gasteiger partial charge in [0.2, 0.25) is 5.91 Å². The maximum absolute atomic E-state index is 15.1. The number of hydrogen-bond acceptors (Lipinski definition) is 7. The number of methoxy groups -OCH3 is 1. The van der Waals surface area contributed by atoms with Crippen LogP contribution in [0.2, 0.25) is 5.02 Å². The van der Waals surface area contributed by atoms with E-state index in [9.17, 15) is 4.79 Å². The highest BCUT2D eigenvalue weighted by Gasteiger charge is 2.15. The fraction of sp³-hybridized carbons (Fsp3) is 0.303. The van der Waals surface area contributed by atoms with Gasteiger partial charge in [0.1, 0.15) is 5.75 Å². The molecule has 4 aromatic rings. The average Bonchev–Trinajstić information content (AvgIpc) is 3.53. The van der Waals surface area contributed by atoms with Crippen LogP contribution in [0.1, 0.15) is 37.3 Å². The third kappa shape index (κ3) is 8.00. The van der Waals surface area contributed by atoms with Gasteiger partial charge in [-0.2, -0.15) is 5.10 Å². The number of nitrogens with zero attached hydrogens (tertiary/aromatic N) is 3. The van der Waals surface area contributed by atoms with Gasteiger partial charge in [0.15, 0.2) is 23.1 Å². The molecule has 5 rings (SSSR count). The Morgan fingerprint density at radius 3 is 2.56 bits per heavy atom. The fourth-order valence-corrected chi connectivity index (χ4v) is 5.07. The third-order valence-corrected chi connectivity index (χ3v) is 7.51. The highest BCUT2D eigenvalue weighted by atomic mass is 35.5. The largest absolute Gasteiger partial charge is 0.493 e. The van der Waals surface area contributed by atoms with Crippen LogP contribution in [0.15, 0.2) is 72.0 Å². The SMILES string of the molecule is COc1cc2c(Oc3ccc(CC(=O)N/N=C(/C)c4ccc(Cl)cc4)cc3F)ccnc2cc1OCCCN1CCCC1. The topological polar surface area (TPSA) is 85.3 Å². The average molecular weight is 605 g/mol. The van der Waals surface area contributed by atoms with Crippen LogP contribution in [0.4, 0.5) is 4.39 Å². The fourth-order valence-electron chi connectivity index (χ4n) is 4.95. The molecule has 1 saturated heterocycles. The zero-order valence-electron chi connectivity index (χ0n) is 24.2. The Bertz CT molecular complexity index is 1610. The van der Waals surface area contributed by atoms with Gasteiger partial charge in [-0.15, -0.1) is 0 Å². The smallest absolute Gasteiger partial charge is 0.244 e. The van der Waals surface area contributed by atoms with E-state index >= 15 is 4.39 Å². The number of nitrogens with one attached hydrogen (secondary N) is 1. The first-order chi connectivity index (χ1) is 20.9. The Morgan fingerprint density at radius 2 is 1.81 bits per heavy atom. The Labute approximate surface area is 255 Å². The monoisotopic (exact) mass is 604 g/mol. The van der Waals surface area contributed by atoms with Crippen molar-refractivity contribution in [2.24, 2.45) is 5.10 Å². The molecular weight excluding hydrogens is 571 g/mol. The van der Waals surface area contributed by atoms with Gasteiger partial charge in [-0.05, 0) is 86.8 Å². The van der Waals surface area contributed by atoms with Gasteiger partial charge in [0.25, 0.3) is 0 Å². The highest BCUT2D eigenvalue weighted by Crippen LogP contribution is 2.37. The van der Waals surface area contributed by atoms with Crippen molar-refractivity contribution in [3.8, 4) is 23.0 Å². The molecule has 224 valence electrons. The molecular formula is C33H34ClFN4O4. The molecule has 0 saturated carbocycles. The van der Waals surface area contributed by atoms with Crippen LogP contribution in [-0.4, -0.2) is 54.9 Å². The summed E-state index contributed by atoms with van der Waals surface area (Å²) in [5.41, 5.74) is 5.08. The molecule has 8 nitrogen and oxygen atoms in total. The van der Waals surface area contributed by atoms with Crippen molar-refractivity contribution in [1.29, 1.82) is 0 Å². The summed E-state index contributed by atoms with van der Waals surface area (Å²) in [5, 5.41) is 5.40. The number of ether oxygens (including phenoxy) is 3. The van der Waals surface area contributed by atoms with Crippen molar-refractivity contribution in [2.75, 3.05) is 33.4 Å². The molecule has 1 fully saturated rings. The van der Waals surface area contributed by atoms with Crippen LogP contribution in [0.3, 0.4) is 0 Å². The van der Waals surface area contributed by atoms with Crippen molar-refractivity contribution in [1.82, 2.24) is 15.3 Å². The minimum atomic E-state index is -0.596. The Morgan fingerprint density at radius 1 is 1.02 bits per heavy atom. The molecule has 0 unspecified atom stereocenters. The van der Waals surface area contributed by atoms with Gasteiger partial charge in [0, 0.05) is 29.2 Å². The van der Waals surface area contributed by atoms with E-state index in [0.717, 1.165) is 31.6 Å². The number of fused-ring (bicyclic) bond motifs is 1. The van der Waals surface area contributed by atoms with E-state index in [-0.39, 0.29) is 18.1 Å². The lowest BCUT2D eigenvalue weighted by Crippen LogP contribution is -2.21. The zero-order chi connectivity index (χ0) is 30.2. The summed E-state index contributed by atoms with van der Waals surface area (Å²) in [5.74, 6) is 0.614. The van der Waals surface area contributed by atoms with E-state index in [0.29, 0.717) is 51.1 Å². The van der Waals surface area contributed by atoms with E-state index in [1.54, 1.807) is 50.6 Å². The van der Waals surface area contributed by atoms with E-state index in [4.69, 9.17) is 25.8 Å². The summed E-state index contributed by atoms with van der Waals surface area (Å²) in [7, 11) is 1.58. The van der Waals surface area contributed by atoms with Crippen molar-refractivity contribution >= 4 is 34.1 Å². The molecule has 1 aliphatic heterocycles. The van der Waals surface area contributed by atoms with Gasteiger partial charge >= 0.3 is 0 Å². The molecule has 1 amide bonds. The standard InChI is InChI=1S/C33H34ClFN4O4/c1-22(24-7-9-25(34)10-8-24)37-38-33(40)19-23-6-11-30(27(35)18-23)43-29-12-13-36-28-21-32(31(41-2)20-26(28)29)42-17-5-16-39-14-3-4-15-39/h6-13,18,20-21H,3-5,14-17,19H2,1-2H3,(H,38,40)/b37-22-. The van der Waals surface area contributed by atoms with E-state index in [1.807, 2.05) is 18.2 Å². The second-order valence-electron chi connectivity index (χ2n) is 10.4. The molecule has 10 heteroatoms. The summed E-state index contributed by atoms with van der Waals surface area (Å²) in [4.78, 5) is 19.3. The number of hydrogen-bond donors (Lipinski definition) is 1. The summed E-state index contributed by atoms with van der Waals surface area (Å²) in [6, 6.07) is 16.8. The van der Waals surface area contributed by atoms with Crippen LogP contribution < -0.4 is 19.6 Å². The normalized spacial score (nSPS) is 13.7. The van der Waals surface area contributed by atoms with Gasteiger partial charge in [0.05, 0.1) is 31.4 Å². The molecule has 0 radical (unpaired) electrons. The third-order valence-electron chi connectivity index (χ3n) is 7.25. The second-order valence-corrected chi connectivity index (χ2v) is 10.8. The maximum Gasteiger partial charge on any atom is 0.244 e. The van der Waals surface area contributed by atoms with Crippen LogP contribution in [-0.2, 0) is 11.2 Å². The number of hydrazone groups is 1. The zero-order valence-corrected chi connectivity index (χ0v) is 25.0. The Kier molecular flexibility index (Phi) is 10.1. The van der Waals surface area contributed by atoms with Crippen molar-refractivity contribution in [3.63, 3.8) is 0 Å². The summed E-state index contributed by atoms with van der Waals surface area (Å²) < 4.78 is 32.7. The predicted molar refractivity (Wildman–Crippen MR) is 166 cm³/mol. The molecule has 43 heavy (non-hydrogen) atoms. The van der Waals surface area contributed by atoms with Crippen LogP contribution in [0.5, 0.6) is 23.0 Å². The van der Waals surface area contributed by atoms with Crippen LogP contribution in [0.25, 0.3) is 10.9 Å². The van der Waals surface area contributed by atoms with Gasteiger partial charge < -0.3 is 19.1 Å². The molecule has 0 aliphatic carbocycles. The minimum absolute atomic E-state index is 0.0227. The Hall–Kier alpha value is -4.21. The molecule has 2 heterocycles. The first-order valence-electron chi connectivity index (χ1n) is 14.3. The summed E-state index contributed by atoms with van der Waals surface area (Å²) in [6.45, 7) is 5.67. The van der Waals surface area contributed by atoms with Gasteiger partial charge in [-0.1, -0.05) is 29.8 Å². The second kappa shape index (κ2) is 14.3. The van der Waals surface area contributed by atoms with E-state index < -0.39 is 5.82 Å². The van der Waals surface area contributed by atoms with E-state index in [2.05, 4.69) is 20.4 Å². The number of rotatable bonds is 12. The Balaban J connectivity index is 1.22. The first kappa shape index (κ1) is 30.3. The summed E-state index contributed by atoms with van der Waals surface area (Å²) in [6.07, 6.45) is 5.00. The highest BCUT2D eigenvalue weighted by molar-refractivity contribution is 6.30. The number of amides is 1. The lowest BCUT2D eigenvalue weighted by atomic mass is 10.1. The van der Waals surface area contributed by atoms with Crippen LogP contribution >= 0.6 is 11.6 Å². The molecule has 0 spiro atoms. The number of likely N-dealkylation sites (tertiary alicyclic amines) is 1. The molecule has 0 atom stereocenters. The first-order valence-corrected chi connectivity index (χ1v) is 14.6. The van der Waals surface area contributed by atoms with Gasteiger partial charge in [-0.3, -0.25) is 9.78 Å². The number of benzene rings is 3. The summed E-state index contributed by atoms with van der Waals surface area (Å²) >= 11 is 5.92. The van der Waals surface area contributed by atoms with Crippen molar-refractivity contribution in [2.45, 2.75) is 32.6 Å². The van der Waals surface area contributed by atoms with Crippen LogP contribution in [0, 0.1) is 5.82 Å². The van der Waals surface area contributed by atoms with Crippen molar-refractivity contribution < 1.29 is 23.4 Å². The lowest BCUT2D eigenvalue weighted by molar-refractivity contribution is -0.120. The predicted octanol–water partition coefficient (Wildman–Crippen LogP) is 6.78. The molecule has 1 N–H and O–H groups in total. The number of carbonyl (C=O) groups is 1. The van der Waals surface area contributed by atoms with Crippen molar-refractivity contribution in [3.05, 3.63) is 88.8 Å². The molecule has 1 aromatic heterocycles. The van der Waals surface area contributed by atoms with Gasteiger partial charge in [-0.25, -0.2) is 9.82 Å². The maximum atomic E-state index is 15.1. The minimum Gasteiger partial charge on any atom is -0.493 e. The lowest BCUT2D eigenvalue weighted by Gasteiger charge is -2.16. The number of aromatic nitrogens is 1. The molecule has 0 bridgehead atoms. The molecule has 3 aromatic carbocycles.